The number of benzene rings is 1. The Kier molecular flexibility index (Phi) is 7.46. The van der Waals surface area contributed by atoms with E-state index in [-0.39, 0.29) is 24.4 Å². The Balaban J connectivity index is 0.00000240. The number of carbonyl (C=O) groups is 1. The van der Waals surface area contributed by atoms with Crippen molar-refractivity contribution in [3.63, 3.8) is 0 Å². The maximum Gasteiger partial charge on any atom is 0.258 e. The van der Waals surface area contributed by atoms with Gasteiger partial charge in [-0.1, -0.05) is 0 Å². The minimum atomic E-state index is -0.210. The number of hydrogen-bond donors (Lipinski definition) is 2. The van der Waals surface area contributed by atoms with Gasteiger partial charge in [-0.2, -0.15) is 10.1 Å². The molecule has 3 heterocycles. The van der Waals surface area contributed by atoms with Crippen molar-refractivity contribution in [2.75, 3.05) is 31.6 Å². The summed E-state index contributed by atoms with van der Waals surface area (Å²) >= 11 is 0. The topological polar surface area (TPSA) is 90.3 Å². The van der Waals surface area contributed by atoms with Gasteiger partial charge in [-0.05, 0) is 63.0 Å². The van der Waals surface area contributed by atoms with E-state index in [0.29, 0.717) is 24.0 Å². The molecule has 4 rings (SSSR count). The zero-order valence-corrected chi connectivity index (χ0v) is 17.4. The molecule has 1 aromatic heterocycles. The van der Waals surface area contributed by atoms with Gasteiger partial charge in [0, 0.05) is 25.1 Å². The van der Waals surface area contributed by atoms with Crippen molar-refractivity contribution in [2.24, 2.45) is 7.05 Å². The van der Waals surface area contributed by atoms with E-state index in [1.165, 1.54) is 0 Å². The van der Waals surface area contributed by atoms with Gasteiger partial charge < -0.3 is 14.8 Å². The molecule has 2 saturated heterocycles. The van der Waals surface area contributed by atoms with E-state index < -0.39 is 0 Å². The first-order valence-electron chi connectivity index (χ1n) is 9.96. The fraction of sp³-hybridized carbons (Fsp3) is 0.550. The summed E-state index contributed by atoms with van der Waals surface area (Å²) in [7, 11) is 1.80. The van der Waals surface area contributed by atoms with Gasteiger partial charge >= 0.3 is 0 Å². The first-order valence-corrected chi connectivity index (χ1v) is 9.96. The molecule has 2 aliphatic heterocycles. The number of aryl methyl sites for hydroxylation is 1. The van der Waals surface area contributed by atoms with Crippen molar-refractivity contribution >= 4 is 24.3 Å². The lowest BCUT2D eigenvalue weighted by molar-refractivity contribution is 0.0679. The zero-order valence-electron chi connectivity index (χ0n) is 16.6. The van der Waals surface area contributed by atoms with Crippen LogP contribution >= 0.6 is 12.4 Å². The number of halogens is 1. The van der Waals surface area contributed by atoms with Gasteiger partial charge in [-0.25, -0.2) is 4.68 Å². The minimum absolute atomic E-state index is 0. The van der Waals surface area contributed by atoms with E-state index in [2.05, 4.69) is 20.7 Å². The molecule has 2 fully saturated rings. The van der Waals surface area contributed by atoms with Crippen LogP contribution in [0.4, 0.5) is 5.95 Å². The van der Waals surface area contributed by atoms with Crippen molar-refractivity contribution < 1.29 is 14.3 Å². The lowest BCUT2D eigenvalue weighted by Crippen LogP contribution is -2.27. The average Bonchev–Trinajstić information content (AvgIpc) is 3.38. The summed E-state index contributed by atoms with van der Waals surface area (Å²) in [5.74, 6) is 2.14. The van der Waals surface area contributed by atoms with Gasteiger partial charge in [0.05, 0.1) is 6.10 Å². The summed E-state index contributed by atoms with van der Waals surface area (Å²) in [5.41, 5.74) is 0.552. The summed E-state index contributed by atoms with van der Waals surface area (Å²) in [6, 6.07) is 7.12. The number of piperidine rings is 1. The number of carbonyl (C=O) groups excluding carboxylic acids is 1. The van der Waals surface area contributed by atoms with Crippen molar-refractivity contribution in [2.45, 2.75) is 37.7 Å². The van der Waals surface area contributed by atoms with Gasteiger partial charge in [0.1, 0.15) is 12.4 Å². The van der Waals surface area contributed by atoms with E-state index in [9.17, 15) is 4.79 Å². The fourth-order valence-electron chi connectivity index (χ4n) is 3.61. The van der Waals surface area contributed by atoms with Crippen LogP contribution in [0.3, 0.4) is 0 Å². The highest BCUT2D eigenvalue weighted by Gasteiger charge is 2.21. The van der Waals surface area contributed by atoms with Gasteiger partial charge in [0.15, 0.2) is 5.82 Å². The van der Waals surface area contributed by atoms with Crippen molar-refractivity contribution in [3.05, 3.63) is 35.7 Å². The molecule has 158 valence electrons. The number of nitrogens with one attached hydrogen (secondary N) is 2. The first kappa shape index (κ1) is 21.5. The highest BCUT2D eigenvalue weighted by Crippen LogP contribution is 2.23. The van der Waals surface area contributed by atoms with Crippen LogP contribution in [0.25, 0.3) is 0 Å². The molecule has 0 saturated carbocycles. The smallest absolute Gasteiger partial charge is 0.258 e. The van der Waals surface area contributed by atoms with Crippen LogP contribution in [0.15, 0.2) is 24.3 Å². The van der Waals surface area contributed by atoms with Crippen molar-refractivity contribution in [3.8, 4) is 5.75 Å². The summed E-state index contributed by atoms with van der Waals surface area (Å²) in [6.07, 6.45) is 4.34. The second kappa shape index (κ2) is 10.0. The van der Waals surface area contributed by atoms with Gasteiger partial charge in [0.25, 0.3) is 5.91 Å². The maximum absolute atomic E-state index is 12.6. The van der Waals surface area contributed by atoms with Crippen LogP contribution in [0.5, 0.6) is 5.75 Å². The quantitative estimate of drug-likeness (QED) is 0.744. The molecule has 2 N–H and O–H groups in total. The van der Waals surface area contributed by atoms with Crippen LogP contribution in [-0.2, 0) is 11.8 Å². The predicted molar refractivity (Wildman–Crippen MR) is 112 cm³/mol. The van der Waals surface area contributed by atoms with E-state index in [4.69, 9.17) is 9.47 Å². The Labute approximate surface area is 176 Å². The second-order valence-corrected chi connectivity index (χ2v) is 7.37. The normalized spacial score (nSPS) is 19.6. The third-order valence-corrected chi connectivity index (χ3v) is 5.29. The van der Waals surface area contributed by atoms with E-state index in [1.54, 1.807) is 36.0 Å². The lowest BCUT2D eigenvalue weighted by Gasteiger charge is -2.19. The third kappa shape index (κ3) is 5.46. The number of rotatable bonds is 6. The molecule has 1 amide bonds. The Morgan fingerprint density at radius 1 is 1.28 bits per heavy atom. The Morgan fingerprint density at radius 3 is 2.72 bits per heavy atom. The Morgan fingerprint density at radius 2 is 2.03 bits per heavy atom. The molecule has 0 bridgehead atoms. The molecule has 29 heavy (non-hydrogen) atoms. The predicted octanol–water partition coefficient (Wildman–Crippen LogP) is 2.51. The highest BCUT2D eigenvalue weighted by molar-refractivity contribution is 6.03. The highest BCUT2D eigenvalue weighted by atomic mass is 35.5. The van der Waals surface area contributed by atoms with Crippen LogP contribution in [0, 0.1) is 0 Å². The molecule has 9 heteroatoms. The molecule has 1 atom stereocenters. The average molecular weight is 422 g/mol. The summed E-state index contributed by atoms with van der Waals surface area (Å²) < 4.78 is 12.9. The second-order valence-electron chi connectivity index (χ2n) is 7.37. The molecule has 1 unspecified atom stereocenters. The largest absolute Gasteiger partial charge is 0.491 e. The number of anilines is 1. The summed E-state index contributed by atoms with van der Waals surface area (Å²) in [5, 5.41) is 10.7. The molecular formula is C20H28ClN5O3. The molecular weight excluding hydrogens is 394 g/mol. The number of amides is 1. The molecule has 0 spiro atoms. The first-order chi connectivity index (χ1) is 13.7. The molecule has 2 aromatic rings. The standard InChI is InChI=1S/C20H27N5O3.ClH/c1-25-20(22-18(24-25)14-8-10-21-11-9-14)23-19(26)15-4-6-16(7-5-15)28-13-17-3-2-12-27-17;/h4-7,14,17,21H,2-3,8-13H2,1H3,(H,22,23,24,26);1H. The number of ether oxygens (including phenoxy) is 2. The van der Waals surface area contributed by atoms with Gasteiger partial charge in [0.2, 0.25) is 5.95 Å². The van der Waals surface area contributed by atoms with Gasteiger partial charge in [-0.3, -0.25) is 10.1 Å². The Bertz CT molecular complexity index is 799. The van der Waals surface area contributed by atoms with Crippen LogP contribution in [0.1, 0.15) is 47.8 Å². The molecule has 0 aliphatic carbocycles. The zero-order chi connectivity index (χ0) is 19.3. The molecule has 8 nitrogen and oxygen atoms in total. The van der Waals surface area contributed by atoms with Crippen molar-refractivity contribution in [1.82, 2.24) is 20.1 Å². The number of hydrogen-bond acceptors (Lipinski definition) is 6. The molecule has 0 radical (unpaired) electrons. The van der Waals surface area contributed by atoms with Crippen LogP contribution in [-0.4, -0.2) is 53.1 Å². The van der Waals surface area contributed by atoms with E-state index in [1.807, 2.05) is 0 Å². The summed E-state index contributed by atoms with van der Waals surface area (Å²) in [4.78, 5) is 17.1. The SMILES string of the molecule is Cl.Cn1nc(C2CCNCC2)nc1NC(=O)c1ccc(OCC2CCCO2)cc1. The number of nitrogens with zero attached hydrogens (tertiary/aromatic N) is 3. The van der Waals surface area contributed by atoms with Crippen LogP contribution < -0.4 is 15.4 Å². The van der Waals surface area contributed by atoms with E-state index >= 15 is 0 Å². The molecule has 2 aliphatic rings. The third-order valence-electron chi connectivity index (χ3n) is 5.29. The molecule has 1 aromatic carbocycles. The van der Waals surface area contributed by atoms with Crippen LogP contribution in [0.2, 0.25) is 0 Å². The van der Waals surface area contributed by atoms with E-state index in [0.717, 1.165) is 57.0 Å². The van der Waals surface area contributed by atoms with Gasteiger partial charge in [-0.15, -0.1) is 12.4 Å². The Hall–Kier alpha value is -2.16. The summed E-state index contributed by atoms with van der Waals surface area (Å²) in [6.45, 7) is 3.32. The lowest BCUT2D eigenvalue weighted by atomic mass is 9.98. The monoisotopic (exact) mass is 421 g/mol. The maximum atomic E-state index is 12.6. The fourth-order valence-corrected chi connectivity index (χ4v) is 3.61. The van der Waals surface area contributed by atoms with Crippen molar-refractivity contribution in [1.29, 1.82) is 0 Å². The minimum Gasteiger partial charge on any atom is -0.491 e. The number of aromatic nitrogens is 3.